The Balaban J connectivity index is 2.52. The van der Waals surface area contributed by atoms with Gasteiger partial charge in [0.05, 0.1) is 12.1 Å². The Morgan fingerprint density at radius 1 is 1.83 bits per heavy atom. The second-order valence-electron chi connectivity index (χ2n) is 2.45. The molecule has 1 rings (SSSR count). The molecule has 0 saturated carbocycles. The predicted molar refractivity (Wildman–Crippen MR) is 53.4 cm³/mol. The van der Waals surface area contributed by atoms with Crippen LogP contribution in [0.25, 0.3) is 0 Å². The molecule has 0 aromatic carbocycles. The van der Waals surface area contributed by atoms with E-state index < -0.39 is 0 Å². The maximum atomic E-state index is 5.21. The van der Waals surface area contributed by atoms with Gasteiger partial charge in [-0.3, -0.25) is 5.43 Å². The van der Waals surface area contributed by atoms with Gasteiger partial charge in [0, 0.05) is 6.08 Å². The molecular formula is C7H11N4S+. The molecule has 64 valence electrons. The number of rotatable bonds is 1. The van der Waals surface area contributed by atoms with Crippen LogP contribution in [-0.4, -0.2) is 28.7 Å². The van der Waals surface area contributed by atoms with Gasteiger partial charge in [-0.1, -0.05) is 0 Å². The van der Waals surface area contributed by atoms with E-state index in [9.17, 15) is 0 Å². The monoisotopic (exact) mass is 183 g/mol. The Hall–Kier alpha value is -1.23. The van der Waals surface area contributed by atoms with Gasteiger partial charge in [-0.25, -0.2) is 4.58 Å². The highest BCUT2D eigenvalue weighted by Gasteiger charge is 2.03. The maximum absolute atomic E-state index is 5.21. The van der Waals surface area contributed by atoms with E-state index in [1.165, 1.54) is 0 Å². The summed E-state index contributed by atoms with van der Waals surface area (Å²) in [5, 5.41) is 4.16. The zero-order valence-corrected chi connectivity index (χ0v) is 7.64. The van der Waals surface area contributed by atoms with E-state index in [4.69, 9.17) is 5.73 Å². The molecule has 1 heterocycles. The van der Waals surface area contributed by atoms with Gasteiger partial charge in [-0.05, 0) is 12.2 Å². The standard InChI is InChI=1S/C7H10N4S/c1-11-4-2-6(3-5-11)9-10-7(8)12/h2,4-5H,3H2,1H3,(H2-,8,10,12)/p+1. The van der Waals surface area contributed by atoms with Crippen LogP contribution in [0.4, 0.5) is 0 Å². The van der Waals surface area contributed by atoms with Crippen molar-refractivity contribution in [1.82, 2.24) is 5.43 Å². The topological polar surface area (TPSA) is 53.4 Å². The van der Waals surface area contributed by atoms with Crippen molar-refractivity contribution < 1.29 is 4.58 Å². The molecule has 4 nitrogen and oxygen atoms in total. The Kier molecular flexibility index (Phi) is 2.93. The van der Waals surface area contributed by atoms with E-state index in [1.54, 1.807) is 0 Å². The van der Waals surface area contributed by atoms with E-state index in [-0.39, 0.29) is 5.11 Å². The Bertz CT molecular complexity index is 277. The minimum atomic E-state index is 0.190. The molecule has 0 unspecified atom stereocenters. The summed E-state index contributed by atoms with van der Waals surface area (Å²) in [7, 11) is 1.97. The van der Waals surface area contributed by atoms with E-state index in [1.807, 2.05) is 30.1 Å². The second-order valence-corrected chi connectivity index (χ2v) is 2.89. The third kappa shape index (κ3) is 2.79. The fourth-order valence-corrected chi connectivity index (χ4v) is 0.825. The van der Waals surface area contributed by atoms with Crippen LogP contribution in [-0.2, 0) is 0 Å². The van der Waals surface area contributed by atoms with Gasteiger partial charge in [-0.2, -0.15) is 5.10 Å². The number of nitrogens with zero attached hydrogens (tertiary/aromatic N) is 2. The molecule has 3 N–H and O–H groups in total. The van der Waals surface area contributed by atoms with Gasteiger partial charge in [-0.15, -0.1) is 0 Å². The van der Waals surface area contributed by atoms with Crippen LogP contribution < -0.4 is 11.2 Å². The number of hydrazone groups is 1. The highest BCUT2D eigenvalue weighted by Crippen LogP contribution is 1.92. The van der Waals surface area contributed by atoms with Gasteiger partial charge < -0.3 is 5.73 Å². The van der Waals surface area contributed by atoms with E-state index in [0.717, 1.165) is 12.1 Å². The largest absolute Gasteiger partial charge is 0.375 e. The summed E-state index contributed by atoms with van der Waals surface area (Å²) in [6, 6.07) is 0. The number of thiocarbonyl (C=S) groups is 1. The summed E-state index contributed by atoms with van der Waals surface area (Å²) in [5.41, 5.74) is 8.66. The van der Waals surface area contributed by atoms with Crippen molar-refractivity contribution in [2.75, 3.05) is 7.05 Å². The third-order valence-electron chi connectivity index (χ3n) is 1.40. The zero-order chi connectivity index (χ0) is 8.97. The van der Waals surface area contributed by atoms with Crippen LogP contribution in [0, 0.1) is 0 Å². The van der Waals surface area contributed by atoms with Gasteiger partial charge in [0.15, 0.2) is 17.5 Å². The lowest BCUT2D eigenvalue weighted by atomic mass is 10.2. The van der Waals surface area contributed by atoms with E-state index in [2.05, 4.69) is 22.7 Å². The van der Waals surface area contributed by atoms with Crippen LogP contribution >= 0.6 is 12.2 Å². The average molecular weight is 183 g/mol. The molecule has 0 amide bonds. The average Bonchev–Trinajstić information content (AvgIpc) is 2.03. The van der Waals surface area contributed by atoms with Gasteiger partial charge in [0.25, 0.3) is 0 Å². The molecule has 5 heteroatoms. The van der Waals surface area contributed by atoms with Crippen molar-refractivity contribution in [3.05, 3.63) is 12.3 Å². The molecule has 0 fully saturated rings. The third-order valence-corrected chi connectivity index (χ3v) is 1.49. The first-order valence-corrected chi connectivity index (χ1v) is 3.95. The Morgan fingerprint density at radius 3 is 3.08 bits per heavy atom. The lowest BCUT2D eigenvalue weighted by molar-refractivity contribution is -0.418. The number of nitrogens with two attached hydrogens (primary N) is 1. The van der Waals surface area contributed by atoms with Gasteiger partial charge in [0.1, 0.15) is 7.05 Å². The van der Waals surface area contributed by atoms with Gasteiger partial charge >= 0.3 is 0 Å². The number of nitrogens with one attached hydrogen (secondary N) is 1. The highest BCUT2D eigenvalue weighted by molar-refractivity contribution is 7.80. The molecule has 12 heavy (non-hydrogen) atoms. The molecule has 0 spiro atoms. The van der Waals surface area contributed by atoms with Crippen LogP contribution in [0.5, 0.6) is 0 Å². The highest BCUT2D eigenvalue weighted by atomic mass is 32.1. The van der Waals surface area contributed by atoms with Crippen LogP contribution in [0.1, 0.15) is 6.42 Å². The van der Waals surface area contributed by atoms with Crippen LogP contribution in [0.15, 0.2) is 17.4 Å². The van der Waals surface area contributed by atoms with Crippen molar-refractivity contribution in [3.63, 3.8) is 0 Å². The second kappa shape index (κ2) is 3.96. The fraction of sp³-hybridized carbons (Fsp3) is 0.286. The predicted octanol–water partition coefficient (Wildman–Crippen LogP) is -0.194. The lowest BCUT2D eigenvalue weighted by Gasteiger charge is -2.00. The summed E-state index contributed by atoms with van der Waals surface area (Å²) in [6.45, 7) is 0. The van der Waals surface area contributed by atoms with E-state index in [0.29, 0.717) is 0 Å². The van der Waals surface area contributed by atoms with Gasteiger partial charge in [0.2, 0.25) is 0 Å². The molecule has 0 aromatic rings. The zero-order valence-electron chi connectivity index (χ0n) is 6.82. The minimum Gasteiger partial charge on any atom is -0.375 e. The summed E-state index contributed by atoms with van der Waals surface area (Å²) in [4.78, 5) is 0. The lowest BCUT2D eigenvalue weighted by Crippen LogP contribution is -2.25. The van der Waals surface area contributed by atoms with Crippen molar-refractivity contribution in [2.24, 2.45) is 10.8 Å². The normalized spacial score (nSPS) is 19.1. The molecular weight excluding hydrogens is 172 g/mol. The van der Waals surface area contributed by atoms with Crippen molar-refractivity contribution in [3.8, 4) is 0 Å². The summed E-state index contributed by atoms with van der Waals surface area (Å²) >= 11 is 4.60. The van der Waals surface area contributed by atoms with Crippen molar-refractivity contribution in [1.29, 1.82) is 0 Å². The first-order chi connectivity index (χ1) is 5.68. The summed E-state index contributed by atoms with van der Waals surface area (Å²) < 4.78 is 1.97. The maximum Gasteiger partial charge on any atom is 0.184 e. The molecule has 1 aliphatic heterocycles. The number of hydrogen-bond donors (Lipinski definition) is 2. The quantitative estimate of drug-likeness (QED) is 0.336. The molecule has 0 aromatic heterocycles. The Labute approximate surface area is 76.5 Å². The summed E-state index contributed by atoms with van der Waals surface area (Å²) in [6.07, 6.45) is 6.64. The van der Waals surface area contributed by atoms with Crippen LogP contribution in [0.2, 0.25) is 0 Å². The number of hydrogen-bond acceptors (Lipinski definition) is 2. The Morgan fingerprint density at radius 2 is 2.58 bits per heavy atom. The van der Waals surface area contributed by atoms with E-state index >= 15 is 0 Å². The number of allylic oxidation sites excluding steroid dienone is 1. The molecule has 0 radical (unpaired) electrons. The fourth-order valence-electron chi connectivity index (χ4n) is 0.780. The van der Waals surface area contributed by atoms with Crippen molar-refractivity contribution in [2.45, 2.75) is 6.42 Å². The molecule has 0 atom stereocenters. The smallest absolute Gasteiger partial charge is 0.184 e. The molecule has 1 aliphatic rings. The minimum absolute atomic E-state index is 0.190. The molecule has 0 aliphatic carbocycles. The SMILES string of the molecule is C[N+]1=CCC(=NNC(N)=S)C=C1. The van der Waals surface area contributed by atoms with Crippen molar-refractivity contribution >= 4 is 29.3 Å². The molecule has 0 bridgehead atoms. The first kappa shape index (κ1) is 8.86. The first-order valence-electron chi connectivity index (χ1n) is 3.54. The van der Waals surface area contributed by atoms with Crippen LogP contribution in [0.3, 0.4) is 0 Å². The molecule has 0 saturated heterocycles. The summed E-state index contributed by atoms with van der Waals surface area (Å²) in [5.74, 6) is 0.